The molecule has 6 heteroatoms. The molecule has 2 saturated heterocycles. The average Bonchev–Trinajstić information content (AvgIpc) is 3.08. The van der Waals surface area contributed by atoms with E-state index in [1.165, 1.54) is 11.3 Å². The topological polar surface area (TPSA) is 70.0 Å². The maximum atomic E-state index is 13.3. The Bertz CT molecular complexity index is 700. The van der Waals surface area contributed by atoms with Gasteiger partial charge in [0.05, 0.1) is 17.9 Å². The minimum Gasteiger partial charge on any atom is -0.297 e. The third-order valence-electron chi connectivity index (χ3n) is 6.27. The molecule has 4 atom stereocenters. The Morgan fingerprint density at radius 1 is 1.08 bits per heavy atom. The number of carbonyl (C=O) groups is 3. The number of carbonyl (C=O) groups excluding carboxylic acids is 3. The lowest BCUT2D eigenvalue weighted by Gasteiger charge is -2.35. The number of hydrogen-bond donors (Lipinski definition) is 0. The fraction of sp³-hybridized carbons (Fsp3) is 0.700. The number of amides is 2. The number of fused-ring (bicyclic) bond motifs is 3. The van der Waals surface area contributed by atoms with Crippen molar-refractivity contribution in [3.05, 3.63) is 12.2 Å². The van der Waals surface area contributed by atoms with E-state index in [1.54, 1.807) is 11.2 Å². The molecule has 140 valence electrons. The van der Waals surface area contributed by atoms with Gasteiger partial charge >= 0.3 is 0 Å². The van der Waals surface area contributed by atoms with Crippen LogP contribution in [0.2, 0.25) is 0 Å². The summed E-state index contributed by atoms with van der Waals surface area (Å²) in [7, 11) is 0. The van der Waals surface area contributed by atoms with Crippen LogP contribution in [0.3, 0.4) is 0 Å². The van der Waals surface area contributed by atoms with E-state index in [0.29, 0.717) is 0 Å². The Morgan fingerprint density at radius 3 is 2.38 bits per heavy atom. The second kappa shape index (κ2) is 6.03. The van der Waals surface area contributed by atoms with Crippen LogP contribution in [-0.2, 0) is 14.4 Å². The second-order valence-electron chi connectivity index (χ2n) is 8.97. The number of hydrogen-bond acceptors (Lipinski definition) is 5. The van der Waals surface area contributed by atoms with Gasteiger partial charge in [-0.25, -0.2) is 0 Å². The van der Waals surface area contributed by atoms with Crippen molar-refractivity contribution in [2.75, 3.05) is 0 Å². The molecule has 0 aromatic rings. The molecule has 0 aromatic heterocycles. The van der Waals surface area contributed by atoms with E-state index in [-0.39, 0.29) is 29.7 Å². The molecule has 3 fully saturated rings. The zero-order valence-corrected chi connectivity index (χ0v) is 15.7. The number of hydrazone groups is 1. The Morgan fingerprint density at radius 2 is 1.73 bits per heavy atom. The van der Waals surface area contributed by atoms with Crippen molar-refractivity contribution < 1.29 is 14.4 Å². The van der Waals surface area contributed by atoms with Crippen molar-refractivity contribution in [2.24, 2.45) is 22.4 Å². The molecule has 0 radical (unpaired) electrons. The fourth-order valence-electron chi connectivity index (χ4n) is 5.00. The quantitative estimate of drug-likeness (QED) is 0.710. The Hall–Kier alpha value is -1.98. The van der Waals surface area contributed by atoms with Crippen LogP contribution < -0.4 is 0 Å². The molecule has 6 nitrogen and oxygen atoms in total. The Kier molecular flexibility index (Phi) is 4.04. The van der Waals surface area contributed by atoms with Gasteiger partial charge < -0.3 is 0 Å². The van der Waals surface area contributed by atoms with E-state index in [4.69, 9.17) is 0 Å². The SMILES string of the molecule is CC(C)(C)C(=O)[C@H]1[C@@H]2C(=O)N(C3CCCCC3)C(=O)[C@@H]2[C@H]2C=CC=NN21. The van der Waals surface area contributed by atoms with Crippen LogP contribution in [0.1, 0.15) is 52.9 Å². The number of rotatable bonds is 2. The molecule has 0 N–H and O–H groups in total. The summed E-state index contributed by atoms with van der Waals surface area (Å²) < 4.78 is 0. The van der Waals surface area contributed by atoms with Crippen molar-refractivity contribution in [3.8, 4) is 0 Å². The summed E-state index contributed by atoms with van der Waals surface area (Å²) in [5.74, 6) is -1.38. The van der Waals surface area contributed by atoms with Crippen molar-refractivity contribution in [3.63, 3.8) is 0 Å². The van der Waals surface area contributed by atoms with Gasteiger partial charge in [0.2, 0.25) is 11.8 Å². The van der Waals surface area contributed by atoms with Gasteiger partial charge in [-0.1, -0.05) is 46.1 Å². The van der Waals surface area contributed by atoms with Crippen LogP contribution in [0.15, 0.2) is 17.3 Å². The Labute approximate surface area is 154 Å². The largest absolute Gasteiger partial charge is 0.297 e. The third kappa shape index (κ3) is 2.45. The molecule has 4 rings (SSSR count). The van der Waals surface area contributed by atoms with Gasteiger partial charge in [-0.2, -0.15) is 5.10 Å². The summed E-state index contributed by atoms with van der Waals surface area (Å²) in [6.07, 6.45) is 10.4. The number of likely N-dealkylation sites (tertiary alicyclic amines) is 1. The normalized spacial score (nSPS) is 34.4. The highest BCUT2D eigenvalue weighted by molar-refractivity contribution is 6.10. The van der Waals surface area contributed by atoms with Crippen molar-refractivity contribution >= 4 is 23.8 Å². The first-order valence-corrected chi connectivity index (χ1v) is 9.72. The first-order valence-electron chi connectivity index (χ1n) is 9.72. The first kappa shape index (κ1) is 17.4. The average molecular weight is 357 g/mol. The highest BCUT2D eigenvalue weighted by Crippen LogP contribution is 2.47. The summed E-state index contributed by atoms with van der Waals surface area (Å²) in [5.41, 5.74) is -0.595. The van der Waals surface area contributed by atoms with Gasteiger partial charge in [0.25, 0.3) is 0 Å². The lowest BCUT2D eigenvalue weighted by Crippen LogP contribution is -2.50. The molecular formula is C20H27N3O3. The van der Waals surface area contributed by atoms with E-state index < -0.39 is 23.3 Å². The maximum Gasteiger partial charge on any atom is 0.236 e. The smallest absolute Gasteiger partial charge is 0.236 e. The molecule has 1 saturated carbocycles. The van der Waals surface area contributed by atoms with E-state index in [9.17, 15) is 14.4 Å². The highest BCUT2D eigenvalue weighted by atomic mass is 16.2. The lowest BCUT2D eigenvalue weighted by atomic mass is 9.80. The summed E-state index contributed by atoms with van der Waals surface area (Å²) in [5, 5.41) is 6.08. The molecule has 1 aliphatic carbocycles. The summed E-state index contributed by atoms with van der Waals surface area (Å²) >= 11 is 0. The number of allylic oxidation sites excluding steroid dienone is 1. The molecule has 3 heterocycles. The van der Waals surface area contributed by atoms with E-state index in [1.807, 2.05) is 32.9 Å². The van der Waals surface area contributed by atoms with E-state index in [0.717, 1.165) is 25.7 Å². The number of Topliss-reactive ketones (excluding diaryl/α,β-unsaturated/α-hetero) is 1. The van der Waals surface area contributed by atoms with Gasteiger partial charge in [0, 0.05) is 17.7 Å². The minimum absolute atomic E-state index is 0.00394. The van der Waals surface area contributed by atoms with Gasteiger partial charge in [0.15, 0.2) is 5.78 Å². The van der Waals surface area contributed by atoms with Crippen molar-refractivity contribution in [1.82, 2.24) is 9.91 Å². The molecule has 2 amide bonds. The Balaban J connectivity index is 1.72. The zero-order chi connectivity index (χ0) is 18.6. The number of imide groups is 1. The van der Waals surface area contributed by atoms with Crippen molar-refractivity contribution in [2.45, 2.75) is 71.0 Å². The molecule has 0 unspecified atom stereocenters. The molecule has 26 heavy (non-hydrogen) atoms. The van der Waals surface area contributed by atoms with Crippen LogP contribution in [0.4, 0.5) is 0 Å². The fourth-order valence-corrected chi connectivity index (χ4v) is 5.00. The van der Waals surface area contributed by atoms with E-state index >= 15 is 0 Å². The van der Waals surface area contributed by atoms with Crippen LogP contribution in [0.5, 0.6) is 0 Å². The third-order valence-corrected chi connectivity index (χ3v) is 6.27. The molecule has 0 spiro atoms. The highest BCUT2D eigenvalue weighted by Gasteiger charge is 2.65. The second-order valence-corrected chi connectivity index (χ2v) is 8.97. The van der Waals surface area contributed by atoms with Crippen LogP contribution in [0, 0.1) is 17.3 Å². The maximum absolute atomic E-state index is 13.3. The minimum atomic E-state index is -0.656. The summed E-state index contributed by atoms with van der Waals surface area (Å²) in [6.45, 7) is 5.59. The van der Waals surface area contributed by atoms with Crippen LogP contribution in [0.25, 0.3) is 0 Å². The van der Waals surface area contributed by atoms with Gasteiger partial charge in [-0.15, -0.1) is 0 Å². The summed E-state index contributed by atoms with van der Waals surface area (Å²) in [4.78, 5) is 41.3. The predicted molar refractivity (Wildman–Crippen MR) is 97.2 cm³/mol. The molecule has 0 aromatic carbocycles. The number of ketones is 1. The predicted octanol–water partition coefficient (Wildman–Crippen LogP) is 2.14. The van der Waals surface area contributed by atoms with Gasteiger partial charge in [-0.05, 0) is 18.9 Å². The van der Waals surface area contributed by atoms with Gasteiger partial charge in [0.1, 0.15) is 6.04 Å². The zero-order valence-electron chi connectivity index (χ0n) is 15.7. The standard InChI is InChI=1S/C20H27N3O3/c1-20(2,3)17(24)16-15-14(13-10-7-11-21-23(13)16)18(25)22(19(15)26)12-8-5-4-6-9-12/h7,10-16H,4-6,8-9H2,1-3H3/t13-,14-,15-,16-/m1/s1. The molecular weight excluding hydrogens is 330 g/mol. The lowest BCUT2D eigenvalue weighted by molar-refractivity contribution is -0.147. The van der Waals surface area contributed by atoms with Crippen molar-refractivity contribution in [1.29, 1.82) is 0 Å². The first-order chi connectivity index (χ1) is 12.3. The van der Waals surface area contributed by atoms with E-state index in [2.05, 4.69) is 5.10 Å². The molecule has 3 aliphatic heterocycles. The van der Waals surface area contributed by atoms with Gasteiger partial charge in [-0.3, -0.25) is 24.3 Å². The molecule has 0 bridgehead atoms. The molecule has 4 aliphatic rings. The number of nitrogens with zero attached hydrogens (tertiary/aromatic N) is 3. The monoisotopic (exact) mass is 357 g/mol. The van der Waals surface area contributed by atoms with Crippen LogP contribution in [-0.4, -0.2) is 51.8 Å². The van der Waals surface area contributed by atoms with Crippen LogP contribution >= 0.6 is 0 Å². The summed E-state index contributed by atoms with van der Waals surface area (Å²) in [6, 6.07) is -0.952.